The van der Waals surface area contributed by atoms with Crippen LogP contribution in [0.2, 0.25) is 0 Å². The van der Waals surface area contributed by atoms with Crippen LogP contribution in [0.25, 0.3) is 0 Å². The Balaban J connectivity index is 1.46. The van der Waals surface area contributed by atoms with Gasteiger partial charge in [0, 0.05) is 42.1 Å². The molecule has 2 aromatic rings. The van der Waals surface area contributed by atoms with Gasteiger partial charge in [-0.25, -0.2) is 4.79 Å². The number of H-pyrrole nitrogens is 1. The number of benzene rings is 1. The number of hydrogen-bond donors (Lipinski definition) is 2. The van der Waals surface area contributed by atoms with Crippen molar-refractivity contribution < 1.29 is 14.4 Å². The van der Waals surface area contributed by atoms with Crippen LogP contribution in [0.5, 0.6) is 0 Å². The Morgan fingerprint density at radius 2 is 1.96 bits per heavy atom. The summed E-state index contributed by atoms with van der Waals surface area (Å²) in [6, 6.07) is 8.31. The molecule has 8 nitrogen and oxygen atoms in total. The number of anilines is 1. The number of rotatable bonds is 3. The average molecular weight is 353 g/mol. The van der Waals surface area contributed by atoms with E-state index in [-0.39, 0.29) is 24.3 Å². The van der Waals surface area contributed by atoms with Crippen molar-refractivity contribution in [1.29, 1.82) is 0 Å². The number of nitrogens with zero attached hydrogens (tertiary/aromatic N) is 3. The van der Waals surface area contributed by atoms with Crippen molar-refractivity contribution in [2.45, 2.75) is 18.8 Å². The number of aromatic nitrogens is 2. The summed E-state index contributed by atoms with van der Waals surface area (Å²) in [5, 5.41) is 9.23. The molecule has 2 fully saturated rings. The minimum atomic E-state index is -0.437. The van der Waals surface area contributed by atoms with Gasteiger partial charge in [-0.1, -0.05) is 0 Å². The van der Waals surface area contributed by atoms with Crippen molar-refractivity contribution in [3.05, 3.63) is 47.8 Å². The Morgan fingerprint density at radius 1 is 1.15 bits per heavy atom. The fraction of sp³-hybridized carbons (Fsp3) is 0.333. The van der Waals surface area contributed by atoms with Crippen LogP contribution >= 0.6 is 0 Å². The number of urea groups is 1. The summed E-state index contributed by atoms with van der Waals surface area (Å²) in [6.07, 6.45) is 3.71. The molecule has 134 valence electrons. The second kappa shape index (κ2) is 6.62. The van der Waals surface area contributed by atoms with Gasteiger partial charge in [0.05, 0.1) is 0 Å². The molecule has 2 aliphatic heterocycles. The molecular formula is C18H19N5O3. The monoisotopic (exact) mass is 353 g/mol. The molecule has 0 spiro atoms. The molecule has 0 radical (unpaired) electrons. The Kier molecular flexibility index (Phi) is 4.16. The fourth-order valence-corrected chi connectivity index (χ4v) is 3.53. The van der Waals surface area contributed by atoms with Gasteiger partial charge >= 0.3 is 6.03 Å². The first-order valence-electron chi connectivity index (χ1n) is 8.62. The second-order valence-electron chi connectivity index (χ2n) is 6.59. The van der Waals surface area contributed by atoms with Gasteiger partial charge in [0.1, 0.15) is 6.54 Å². The molecule has 3 heterocycles. The smallest absolute Gasteiger partial charge is 0.329 e. The third-order valence-electron chi connectivity index (χ3n) is 4.89. The molecule has 26 heavy (non-hydrogen) atoms. The quantitative estimate of drug-likeness (QED) is 0.817. The van der Waals surface area contributed by atoms with E-state index in [4.69, 9.17) is 0 Å². The molecule has 4 amide bonds. The Bertz CT molecular complexity index is 831. The number of nitrogens with one attached hydrogen (secondary N) is 2. The van der Waals surface area contributed by atoms with Gasteiger partial charge < -0.3 is 4.90 Å². The maximum Gasteiger partial charge on any atom is 0.329 e. The molecule has 0 aliphatic carbocycles. The molecule has 0 unspecified atom stereocenters. The highest BCUT2D eigenvalue weighted by molar-refractivity contribution is 6.12. The van der Waals surface area contributed by atoms with Crippen molar-refractivity contribution in [3.63, 3.8) is 0 Å². The van der Waals surface area contributed by atoms with Gasteiger partial charge in [-0.3, -0.25) is 24.9 Å². The van der Waals surface area contributed by atoms with E-state index in [9.17, 15) is 14.4 Å². The number of carbonyl (C=O) groups excluding carboxylic acids is 3. The topological polar surface area (TPSA) is 98.4 Å². The van der Waals surface area contributed by atoms with E-state index in [1.165, 1.54) is 4.90 Å². The maximum atomic E-state index is 12.8. The van der Waals surface area contributed by atoms with Crippen LogP contribution in [0.4, 0.5) is 10.5 Å². The van der Waals surface area contributed by atoms with E-state index in [1.807, 2.05) is 11.0 Å². The normalized spacial score (nSPS) is 20.4. The number of likely N-dealkylation sites (tertiary alicyclic amines) is 1. The van der Waals surface area contributed by atoms with Crippen LogP contribution in [0, 0.1) is 0 Å². The number of hydrogen-bond acceptors (Lipinski definition) is 4. The molecule has 2 aliphatic rings. The average Bonchev–Trinajstić information content (AvgIpc) is 3.31. The molecule has 0 saturated carbocycles. The van der Waals surface area contributed by atoms with E-state index in [0.29, 0.717) is 17.8 Å². The summed E-state index contributed by atoms with van der Waals surface area (Å²) in [7, 11) is 0. The number of piperidine rings is 1. The van der Waals surface area contributed by atoms with E-state index >= 15 is 0 Å². The molecule has 2 saturated heterocycles. The molecule has 4 rings (SSSR count). The lowest BCUT2D eigenvalue weighted by Crippen LogP contribution is -2.39. The van der Waals surface area contributed by atoms with Gasteiger partial charge in [0.25, 0.3) is 5.91 Å². The molecular weight excluding hydrogens is 334 g/mol. The van der Waals surface area contributed by atoms with Crippen LogP contribution in [-0.2, 0) is 4.79 Å². The van der Waals surface area contributed by atoms with Crippen LogP contribution in [-0.4, -0.2) is 52.6 Å². The first-order chi connectivity index (χ1) is 12.6. The lowest BCUT2D eigenvalue weighted by atomic mass is 9.94. The largest absolute Gasteiger partial charge is 0.338 e. The van der Waals surface area contributed by atoms with E-state index in [1.54, 1.807) is 30.5 Å². The van der Waals surface area contributed by atoms with Crippen molar-refractivity contribution >= 4 is 23.5 Å². The lowest BCUT2D eigenvalue weighted by Gasteiger charge is -2.32. The molecule has 1 aromatic carbocycles. The van der Waals surface area contributed by atoms with E-state index < -0.39 is 6.03 Å². The van der Waals surface area contributed by atoms with Gasteiger partial charge in [0.15, 0.2) is 0 Å². The zero-order chi connectivity index (χ0) is 18.1. The lowest BCUT2D eigenvalue weighted by molar-refractivity contribution is -0.117. The highest BCUT2D eigenvalue weighted by atomic mass is 16.2. The summed E-state index contributed by atoms with van der Waals surface area (Å²) >= 11 is 0. The SMILES string of the molecule is O=C1CN(c2ccc(C(=O)N3CCC[C@H](c4ccn[nH]4)C3)cc2)C(=O)N1. The van der Waals surface area contributed by atoms with Crippen molar-refractivity contribution in [2.24, 2.45) is 0 Å². The number of aromatic amines is 1. The maximum absolute atomic E-state index is 12.8. The summed E-state index contributed by atoms with van der Waals surface area (Å²) in [6.45, 7) is 1.39. The van der Waals surface area contributed by atoms with Crippen molar-refractivity contribution in [2.75, 3.05) is 24.5 Å². The van der Waals surface area contributed by atoms with Crippen molar-refractivity contribution in [3.8, 4) is 0 Å². The second-order valence-corrected chi connectivity index (χ2v) is 6.59. The number of carbonyl (C=O) groups is 3. The predicted molar refractivity (Wildman–Crippen MR) is 93.8 cm³/mol. The Labute approximate surface area is 150 Å². The summed E-state index contributed by atoms with van der Waals surface area (Å²) in [4.78, 5) is 39.0. The third-order valence-corrected chi connectivity index (χ3v) is 4.89. The predicted octanol–water partition coefficient (Wildman–Crippen LogP) is 1.49. The zero-order valence-corrected chi connectivity index (χ0v) is 14.1. The van der Waals surface area contributed by atoms with Crippen LogP contribution in [0.3, 0.4) is 0 Å². The summed E-state index contributed by atoms with van der Waals surface area (Å²) in [5.74, 6) is -0.0789. The third kappa shape index (κ3) is 3.05. The van der Waals surface area contributed by atoms with Gasteiger partial charge in [0.2, 0.25) is 5.91 Å². The molecule has 2 N–H and O–H groups in total. The highest BCUT2D eigenvalue weighted by Gasteiger charge is 2.29. The number of imide groups is 1. The fourth-order valence-electron chi connectivity index (χ4n) is 3.53. The minimum absolute atomic E-state index is 0.00408. The standard InChI is InChI=1S/C18H19N5O3/c24-16-11-23(18(26)20-16)14-5-3-12(4-6-14)17(25)22-9-1-2-13(10-22)15-7-8-19-21-15/h3-8,13H,1-2,9-11H2,(H,19,21)(H,20,24,26)/t13-/m0/s1. The van der Waals surface area contributed by atoms with Crippen molar-refractivity contribution in [1.82, 2.24) is 20.4 Å². The Hall–Kier alpha value is -3.16. The van der Waals surface area contributed by atoms with Gasteiger partial charge in [-0.15, -0.1) is 0 Å². The molecule has 0 bridgehead atoms. The molecule has 8 heteroatoms. The van der Waals surface area contributed by atoms with E-state index in [0.717, 1.165) is 25.1 Å². The van der Waals surface area contributed by atoms with E-state index in [2.05, 4.69) is 15.5 Å². The highest BCUT2D eigenvalue weighted by Crippen LogP contribution is 2.26. The first kappa shape index (κ1) is 16.3. The number of amides is 4. The first-order valence-corrected chi connectivity index (χ1v) is 8.62. The minimum Gasteiger partial charge on any atom is -0.338 e. The Morgan fingerprint density at radius 3 is 2.62 bits per heavy atom. The molecule has 1 aromatic heterocycles. The van der Waals surface area contributed by atoms with Crippen LogP contribution in [0.15, 0.2) is 36.5 Å². The molecule has 1 atom stereocenters. The van der Waals surface area contributed by atoms with Crippen LogP contribution < -0.4 is 10.2 Å². The van der Waals surface area contributed by atoms with Gasteiger partial charge in [-0.2, -0.15) is 5.10 Å². The van der Waals surface area contributed by atoms with Crippen LogP contribution in [0.1, 0.15) is 34.8 Å². The summed E-state index contributed by atoms with van der Waals surface area (Å²) in [5.41, 5.74) is 2.23. The zero-order valence-electron chi connectivity index (χ0n) is 14.1. The summed E-state index contributed by atoms with van der Waals surface area (Å²) < 4.78 is 0. The van der Waals surface area contributed by atoms with Gasteiger partial charge in [-0.05, 0) is 43.2 Å².